The van der Waals surface area contributed by atoms with Crippen molar-refractivity contribution in [2.24, 2.45) is 0 Å². The summed E-state index contributed by atoms with van der Waals surface area (Å²) in [5.74, 6) is -1.98. The van der Waals surface area contributed by atoms with E-state index < -0.39 is 18.4 Å². The summed E-state index contributed by atoms with van der Waals surface area (Å²) in [6.45, 7) is 4.83. The third-order valence-electron chi connectivity index (χ3n) is 20.4. The maximum absolute atomic E-state index is 13.0. The molecule has 0 aliphatic carbocycles. The van der Waals surface area contributed by atoms with E-state index in [1.165, 1.54) is 321 Å². The number of carboxylic acids is 1. The molecular formula is C96H174NO8+. The van der Waals surface area contributed by atoms with E-state index >= 15 is 0 Å². The van der Waals surface area contributed by atoms with E-state index in [2.05, 4.69) is 111 Å². The molecule has 0 aromatic heterocycles. The molecule has 105 heavy (non-hydrogen) atoms. The highest BCUT2D eigenvalue weighted by Crippen LogP contribution is 2.21. The Morgan fingerprint density at radius 2 is 0.543 bits per heavy atom. The SMILES string of the molecule is CC/C=C\C/C=C\C/C=C\C/C=C\C/C=C\C/C=C\C/C=C\C/C=C\CCCCCCCCCCCCCCCCCCC(=O)OC(COC(=O)CCCCCCCCCCCCCCCCCCCCCCCCCCCCCCCCCCCCCCCCC)COC(OCC[N+](C)(C)C)C(=O)O. The molecule has 0 saturated heterocycles. The van der Waals surface area contributed by atoms with Gasteiger partial charge in [-0.15, -0.1) is 0 Å². The molecule has 0 radical (unpaired) electrons. The van der Waals surface area contributed by atoms with Crippen LogP contribution >= 0.6 is 0 Å². The Morgan fingerprint density at radius 1 is 0.295 bits per heavy atom. The fourth-order valence-electron chi connectivity index (χ4n) is 13.5. The van der Waals surface area contributed by atoms with Gasteiger partial charge in [0.05, 0.1) is 34.4 Å². The summed E-state index contributed by atoms with van der Waals surface area (Å²) in [7, 11) is 6.00. The van der Waals surface area contributed by atoms with E-state index in [1.54, 1.807) is 0 Å². The smallest absolute Gasteiger partial charge is 0.361 e. The fraction of sp³-hybridized carbons (Fsp3) is 0.802. The summed E-state index contributed by atoms with van der Waals surface area (Å²) in [4.78, 5) is 37.8. The molecule has 1 N–H and O–H groups in total. The quantitative estimate of drug-likeness (QED) is 0.0211. The molecule has 0 saturated carbocycles. The number of likely N-dealkylation sites (N-methyl/N-ethyl adjacent to an activating group) is 1. The number of hydrogen-bond donors (Lipinski definition) is 1. The lowest BCUT2D eigenvalue weighted by Crippen LogP contribution is -2.40. The number of carboxylic acid groups (broad SMARTS) is 1. The zero-order valence-electron chi connectivity index (χ0n) is 70.1. The van der Waals surface area contributed by atoms with Crippen molar-refractivity contribution >= 4 is 17.9 Å². The summed E-state index contributed by atoms with van der Waals surface area (Å²) in [6.07, 6.45) is 118. The van der Waals surface area contributed by atoms with Gasteiger partial charge in [0.15, 0.2) is 6.10 Å². The number of carbonyl (C=O) groups is 3. The second-order valence-electron chi connectivity index (χ2n) is 31.9. The zero-order chi connectivity index (χ0) is 76.0. The van der Waals surface area contributed by atoms with Crippen molar-refractivity contribution < 1.29 is 42.9 Å². The molecule has 0 amide bonds. The molecule has 0 heterocycles. The number of rotatable bonds is 85. The van der Waals surface area contributed by atoms with Gasteiger partial charge < -0.3 is 28.5 Å². The van der Waals surface area contributed by atoms with E-state index in [1.807, 2.05) is 21.1 Å². The lowest BCUT2D eigenvalue weighted by Gasteiger charge is -2.25. The predicted octanol–water partition coefficient (Wildman–Crippen LogP) is 29.8. The van der Waals surface area contributed by atoms with Crippen molar-refractivity contribution in [3.8, 4) is 0 Å². The Balaban J connectivity index is 3.94. The number of ether oxygens (including phenoxy) is 4. The maximum atomic E-state index is 13.0. The molecule has 610 valence electrons. The van der Waals surface area contributed by atoms with Gasteiger partial charge in [0.2, 0.25) is 0 Å². The first-order valence-electron chi connectivity index (χ1n) is 45.4. The minimum atomic E-state index is -1.51. The van der Waals surface area contributed by atoms with Gasteiger partial charge >= 0.3 is 17.9 Å². The Morgan fingerprint density at radius 3 is 0.810 bits per heavy atom. The topological polar surface area (TPSA) is 108 Å². The van der Waals surface area contributed by atoms with Crippen molar-refractivity contribution in [3.63, 3.8) is 0 Å². The molecule has 2 atom stereocenters. The second kappa shape index (κ2) is 85.8. The molecule has 0 rings (SSSR count). The predicted molar refractivity (Wildman–Crippen MR) is 456 cm³/mol. The maximum Gasteiger partial charge on any atom is 0.361 e. The number of allylic oxidation sites excluding steroid dienone is 16. The molecule has 0 bridgehead atoms. The van der Waals surface area contributed by atoms with Crippen LogP contribution in [0.2, 0.25) is 0 Å². The van der Waals surface area contributed by atoms with Crippen molar-refractivity contribution in [2.75, 3.05) is 47.5 Å². The molecule has 2 unspecified atom stereocenters. The number of esters is 2. The Kier molecular flexibility index (Phi) is 82.7. The fourth-order valence-corrected chi connectivity index (χ4v) is 13.5. The second-order valence-corrected chi connectivity index (χ2v) is 31.9. The minimum absolute atomic E-state index is 0.179. The third kappa shape index (κ3) is 87.3. The number of hydrogen-bond acceptors (Lipinski definition) is 7. The van der Waals surface area contributed by atoms with Gasteiger partial charge in [-0.1, -0.05) is 445 Å². The average molecular weight is 1470 g/mol. The van der Waals surface area contributed by atoms with E-state index in [9.17, 15) is 19.5 Å². The van der Waals surface area contributed by atoms with E-state index in [0.29, 0.717) is 17.4 Å². The molecule has 0 aromatic carbocycles. The normalized spacial score (nSPS) is 13.0. The van der Waals surface area contributed by atoms with Crippen LogP contribution in [-0.2, 0) is 33.3 Å². The van der Waals surface area contributed by atoms with Crippen LogP contribution in [0.5, 0.6) is 0 Å². The summed E-state index contributed by atoms with van der Waals surface area (Å²) in [5.41, 5.74) is 0. The molecule has 9 nitrogen and oxygen atoms in total. The number of quaternary nitrogens is 1. The first kappa shape index (κ1) is 101. The van der Waals surface area contributed by atoms with Gasteiger partial charge in [-0.3, -0.25) is 9.59 Å². The highest BCUT2D eigenvalue weighted by molar-refractivity contribution is 5.71. The van der Waals surface area contributed by atoms with Gasteiger partial charge in [-0.05, 0) is 77.0 Å². The van der Waals surface area contributed by atoms with Crippen molar-refractivity contribution in [1.82, 2.24) is 0 Å². The summed E-state index contributed by atoms with van der Waals surface area (Å²) >= 11 is 0. The van der Waals surface area contributed by atoms with Gasteiger partial charge in [0.1, 0.15) is 13.2 Å². The Labute approximate surface area is 652 Å². The van der Waals surface area contributed by atoms with E-state index in [0.717, 1.165) is 89.9 Å². The van der Waals surface area contributed by atoms with E-state index in [-0.39, 0.29) is 38.2 Å². The number of unbranched alkanes of at least 4 members (excludes halogenated alkanes) is 54. The van der Waals surface area contributed by atoms with Crippen molar-refractivity contribution in [3.05, 3.63) is 97.2 Å². The van der Waals surface area contributed by atoms with Crippen LogP contribution in [0.3, 0.4) is 0 Å². The third-order valence-corrected chi connectivity index (χ3v) is 20.4. The summed E-state index contributed by atoms with van der Waals surface area (Å²) in [5, 5.41) is 9.80. The van der Waals surface area contributed by atoms with Crippen LogP contribution in [-0.4, -0.2) is 87.4 Å². The largest absolute Gasteiger partial charge is 0.477 e. The van der Waals surface area contributed by atoms with E-state index in [4.69, 9.17) is 18.9 Å². The number of aliphatic carboxylic acids is 1. The lowest BCUT2D eigenvalue weighted by atomic mass is 10.0. The first-order chi connectivity index (χ1) is 51.6. The number of nitrogens with zero attached hydrogens (tertiary/aromatic N) is 1. The van der Waals surface area contributed by atoms with Crippen LogP contribution in [0.1, 0.15) is 438 Å². The molecule has 9 heteroatoms. The van der Waals surface area contributed by atoms with Gasteiger partial charge in [0.25, 0.3) is 6.29 Å². The standard InChI is InChI=1S/C96H173NO8/c1-6-8-10-12-14-16-18-20-22-24-26-28-30-32-34-36-38-40-42-44-46-47-49-51-53-55-57-59-61-63-65-67-69-71-73-75-77-79-81-83-85-87-94(99)105-92(91-104-96(95(100)101)102-89-88-97(3,4)5)90-103-93(98)86-84-82-80-78-76-74-72-70-68-66-64-62-60-58-56-54-52-50-48-45-43-41-39-37-35-33-31-29-27-25-23-21-19-17-15-13-11-9-7-2/h8,10,14,16,20,22,26,28,32,34,38,40,44,46,49,51,92,96H,6-7,9,11-13,15,17-19,21,23-25,27,29-31,33,35-37,39,41-43,45,47-48,50,52-91H2,1-5H3/p+1/b10-8-,16-14-,22-20-,28-26-,34-32-,40-38-,46-44-,51-49-. The van der Waals surface area contributed by atoms with Crippen LogP contribution in [0.15, 0.2) is 97.2 Å². The lowest BCUT2D eigenvalue weighted by molar-refractivity contribution is -0.870. The highest BCUT2D eigenvalue weighted by atomic mass is 16.7. The summed E-state index contributed by atoms with van der Waals surface area (Å²) < 4.78 is 23.1. The monoisotopic (exact) mass is 1470 g/mol. The first-order valence-corrected chi connectivity index (χ1v) is 45.4. The number of carbonyl (C=O) groups excluding carboxylic acids is 2. The minimum Gasteiger partial charge on any atom is -0.477 e. The zero-order valence-corrected chi connectivity index (χ0v) is 70.1. The van der Waals surface area contributed by atoms with Gasteiger partial charge in [-0.25, -0.2) is 4.79 Å². The molecular weight excluding hydrogens is 1300 g/mol. The molecule has 0 spiro atoms. The van der Waals surface area contributed by atoms with Crippen LogP contribution < -0.4 is 0 Å². The highest BCUT2D eigenvalue weighted by Gasteiger charge is 2.25. The van der Waals surface area contributed by atoms with Crippen LogP contribution in [0, 0.1) is 0 Å². The molecule has 0 fully saturated rings. The molecule has 0 aliphatic rings. The van der Waals surface area contributed by atoms with Crippen LogP contribution in [0.25, 0.3) is 0 Å². The molecule has 0 aliphatic heterocycles. The Bertz CT molecular complexity index is 2060. The van der Waals surface area contributed by atoms with Gasteiger partial charge in [0, 0.05) is 12.8 Å². The average Bonchev–Trinajstić information content (AvgIpc) is 1.18. The van der Waals surface area contributed by atoms with Gasteiger partial charge in [-0.2, -0.15) is 0 Å². The van der Waals surface area contributed by atoms with Crippen molar-refractivity contribution in [2.45, 2.75) is 450 Å². The Hall–Kier alpha value is -3.79. The van der Waals surface area contributed by atoms with Crippen LogP contribution in [0.4, 0.5) is 0 Å². The van der Waals surface area contributed by atoms with Crippen molar-refractivity contribution in [1.29, 1.82) is 0 Å². The summed E-state index contributed by atoms with van der Waals surface area (Å²) in [6, 6.07) is 0. The molecule has 0 aromatic rings.